The highest BCUT2D eigenvalue weighted by Crippen LogP contribution is 2.47. The fourth-order valence-electron chi connectivity index (χ4n) is 7.22. The van der Waals surface area contributed by atoms with Gasteiger partial charge in [0.2, 0.25) is 0 Å². The Balaban J connectivity index is 1.30. The summed E-state index contributed by atoms with van der Waals surface area (Å²) in [5.74, 6) is 2.65. The van der Waals surface area contributed by atoms with Gasteiger partial charge >= 0.3 is 6.01 Å². The quantitative estimate of drug-likeness (QED) is 0.208. The zero-order valence-electron chi connectivity index (χ0n) is 27.1. The molecule has 2 aromatic heterocycles. The first-order chi connectivity index (χ1) is 22.8. The van der Waals surface area contributed by atoms with Gasteiger partial charge in [0.25, 0.3) is 0 Å². The molecule has 2 atom stereocenters. The molecule has 47 heavy (non-hydrogen) atoms. The Morgan fingerprint density at radius 1 is 1.11 bits per heavy atom. The molecule has 7 rings (SSSR count). The summed E-state index contributed by atoms with van der Waals surface area (Å²) >= 11 is 0. The van der Waals surface area contributed by atoms with Crippen LogP contribution in [0.3, 0.4) is 0 Å². The van der Waals surface area contributed by atoms with Crippen molar-refractivity contribution in [2.24, 2.45) is 5.41 Å². The van der Waals surface area contributed by atoms with Gasteiger partial charge in [0.05, 0.1) is 12.0 Å². The minimum atomic E-state index is -0.711. The molecule has 0 spiro atoms. The molecule has 2 unspecified atom stereocenters. The van der Waals surface area contributed by atoms with Crippen LogP contribution >= 0.6 is 0 Å². The molecule has 0 bridgehead atoms. The molecular weight excluding hydrogens is 598 g/mol. The first-order valence-corrected chi connectivity index (χ1v) is 16.9. The van der Waals surface area contributed by atoms with E-state index >= 15 is 4.39 Å². The van der Waals surface area contributed by atoms with Crippen molar-refractivity contribution in [3.8, 4) is 35.4 Å². The number of hydrogen-bond donors (Lipinski definition) is 2. The first kappa shape index (κ1) is 31.5. The van der Waals surface area contributed by atoms with Gasteiger partial charge < -0.3 is 25.0 Å². The highest BCUT2D eigenvalue weighted by molar-refractivity contribution is 6.02. The van der Waals surface area contributed by atoms with Crippen LogP contribution in [-0.4, -0.2) is 82.5 Å². The first-order valence-electron chi connectivity index (χ1n) is 16.9. The van der Waals surface area contributed by atoms with Gasteiger partial charge in [-0.3, -0.25) is 4.98 Å². The standard InChI is InChI=1S/C37H42F2N6O2/c1-4-23-8-7-9-24-16-28(46)17-29(31(23)24)33-32(39)34-30(18-40-33)35(45-19-26(5-2)41-27(6-3)20-45)43-36(42-34)47-22-37(12-13-37)21-44-14-10-25(38)11-15-44/h1,7-9,16-18,25-27,41,46H,5-6,10-15,19-22H2,2-3H3. The molecule has 1 aliphatic carbocycles. The Bertz CT molecular complexity index is 1820. The fraction of sp³-hybridized carbons (Fsp3) is 0.486. The van der Waals surface area contributed by atoms with E-state index in [1.807, 2.05) is 12.1 Å². The number of fused-ring (bicyclic) bond motifs is 2. The molecule has 4 heterocycles. The van der Waals surface area contributed by atoms with Crippen molar-refractivity contribution >= 4 is 27.5 Å². The molecule has 3 aliphatic rings. The number of pyridine rings is 1. The van der Waals surface area contributed by atoms with Gasteiger partial charge in [0.15, 0.2) is 5.82 Å². The Morgan fingerprint density at radius 3 is 2.53 bits per heavy atom. The second-order valence-electron chi connectivity index (χ2n) is 13.6. The number of anilines is 1. The van der Waals surface area contributed by atoms with E-state index < -0.39 is 12.0 Å². The van der Waals surface area contributed by atoms with Crippen LogP contribution in [0, 0.1) is 23.6 Å². The van der Waals surface area contributed by atoms with Gasteiger partial charge in [-0.05, 0) is 62.1 Å². The predicted octanol–water partition coefficient (Wildman–Crippen LogP) is 6.23. The number of nitrogens with zero attached hydrogens (tertiary/aromatic N) is 5. The van der Waals surface area contributed by atoms with Gasteiger partial charge in [-0.25, -0.2) is 8.78 Å². The van der Waals surface area contributed by atoms with Gasteiger partial charge in [0, 0.05) is 72.9 Å². The molecule has 4 aromatic rings. The molecule has 3 fully saturated rings. The third kappa shape index (κ3) is 6.31. The van der Waals surface area contributed by atoms with E-state index in [0.29, 0.717) is 65.6 Å². The minimum Gasteiger partial charge on any atom is -0.508 e. The number of rotatable bonds is 9. The molecule has 0 amide bonds. The van der Waals surface area contributed by atoms with Crippen LogP contribution in [-0.2, 0) is 0 Å². The van der Waals surface area contributed by atoms with Crippen LogP contribution < -0.4 is 15.0 Å². The number of likely N-dealkylation sites (tertiary alicyclic amines) is 1. The molecule has 1 saturated carbocycles. The lowest BCUT2D eigenvalue weighted by molar-refractivity contribution is 0.107. The number of hydrogen-bond acceptors (Lipinski definition) is 8. The summed E-state index contributed by atoms with van der Waals surface area (Å²) < 4.78 is 37.0. The molecule has 2 aliphatic heterocycles. The molecule has 246 valence electrons. The molecule has 2 N–H and O–H groups in total. The summed E-state index contributed by atoms with van der Waals surface area (Å²) in [6.45, 7) is 8.49. The summed E-state index contributed by atoms with van der Waals surface area (Å²) in [5.41, 5.74) is 1.09. The third-order valence-corrected chi connectivity index (χ3v) is 10.2. The molecular formula is C37H42F2N6O2. The van der Waals surface area contributed by atoms with Crippen LogP contribution in [0.5, 0.6) is 11.8 Å². The Labute approximate surface area is 274 Å². The number of benzene rings is 2. The predicted molar refractivity (Wildman–Crippen MR) is 181 cm³/mol. The lowest BCUT2D eigenvalue weighted by Gasteiger charge is -2.39. The number of piperazine rings is 1. The number of terminal acetylenes is 1. The lowest BCUT2D eigenvalue weighted by Crippen LogP contribution is -2.56. The maximum atomic E-state index is 16.9. The van der Waals surface area contributed by atoms with E-state index in [9.17, 15) is 9.50 Å². The average Bonchev–Trinajstić information content (AvgIpc) is 3.86. The van der Waals surface area contributed by atoms with Crippen molar-refractivity contribution in [1.82, 2.24) is 25.2 Å². The van der Waals surface area contributed by atoms with Crippen molar-refractivity contribution < 1.29 is 18.6 Å². The second-order valence-corrected chi connectivity index (χ2v) is 13.6. The average molecular weight is 641 g/mol. The number of nitrogens with one attached hydrogen (secondary N) is 1. The van der Waals surface area contributed by atoms with E-state index in [2.05, 4.69) is 44.9 Å². The summed E-state index contributed by atoms with van der Waals surface area (Å²) in [5, 5.41) is 16.1. The van der Waals surface area contributed by atoms with E-state index in [1.54, 1.807) is 18.3 Å². The summed E-state index contributed by atoms with van der Waals surface area (Å²) in [6, 6.07) is 9.17. The van der Waals surface area contributed by atoms with Crippen molar-refractivity contribution in [1.29, 1.82) is 0 Å². The number of aromatic hydroxyl groups is 1. The number of piperidine rings is 1. The van der Waals surface area contributed by atoms with Crippen LogP contribution in [0.25, 0.3) is 32.9 Å². The van der Waals surface area contributed by atoms with Gasteiger partial charge in [-0.2, -0.15) is 9.97 Å². The number of phenolic OH excluding ortho intramolecular Hbond substituents is 1. The van der Waals surface area contributed by atoms with Gasteiger partial charge in [-0.15, -0.1) is 6.42 Å². The SMILES string of the molecule is C#Cc1cccc2cc(O)cc(-c3ncc4c(N5CC(CC)NC(CC)C5)nc(OCC5(CN6CCC(F)CC6)CC5)nc4c3F)c12. The van der Waals surface area contributed by atoms with E-state index in [1.165, 1.54) is 6.07 Å². The highest BCUT2D eigenvalue weighted by Gasteiger charge is 2.45. The van der Waals surface area contributed by atoms with E-state index in [0.717, 1.165) is 45.3 Å². The van der Waals surface area contributed by atoms with Crippen LogP contribution in [0.4, 0.5) is 14.6 Å². The largest absolute Gasteiger partial charge is 0.508 e. The van der Waals surface area contributed by atoms with Gasteiger partial charge in [0.1, 0.15) is 28.9 Å². The van der Waals surface area contributed by atoms with Crippen LogP contribution in [0.2, 0.25) is 0 Å². The normalized spacial score (nSPS) is 21.6. The van der Waals surface area contributed by atoms with Crippen molar-refractivity contribution in [3.05, 3.63) is 47.9 Å². The number of ether oxygens (including phenoxy) is 1. The zero-order chi connectivity index (χ0) is 32.7. The third-order valence-electron chi connectivity index (χ3n) is 10.2. The van der Waals surface area contributed by atoms with Crippen molar-refractivity contribution in [2.45, 2.75) is 70.6 Å². The molecule has 2 saturated heterocycles. The smallest absolute Gasteiger partial charge is 0.319 e. The Hall–Kier alpha value is -4.07. The number of phenols is 1. The molecule has 2 aromatic carbocycles. The number of halogens is 2. The fourth-order valence-corrected chi connectivity index (χ4v) is 7.22. The molecule has 8 nitrogen and oxygen atoms in total. The van der Waals surface area contributed by atoms with Gasteiger partial charge in [-0.1, -0.05) is 31.9 Å². The molecule has 10 heteroatoms. The Morgan fingerprint density at radius 2 is 1.85 bits per heavy atom. The lowest BCUT2D eigenvalue weighted by atomic mass is 9.96. The second kappa shape index (κ2) is 12.9. The Kier molecular flexibility index (Phi) is 8.62. The van der Waals surface area contributed by atoms with E-state index in [-0.39, 0.29) is 40.5 Å². The monoisotopic (exact) mass is 640 g/mol. The van der Waals surface area contributed by atoms with Crippen LogP contribution in [0.1, 0.15) is 57.9 Å². The maximum Gasteiger partial charge on any atom is 0.319 e. The summed E-state index contributed by atoms with van der Waals surface area (Å²) in [7, 11) is 0. The highest BCUT2D eigenvalue weighted by atomic mass is 19.1. The molecule has 0 radical (unpaired) electrons. The van der Waals surface area contributed by atoms with Crippen molar-refractivity contribution in [3.63, 3.8) is 0 Å². The number of aromatic nitrogens is 3. The minimum absolute atomic E-state index is 0.0159. The summed E-state index contributed by atoms with van der Waals surface area (Å²) in [6.07, 6.45) is 11.8. The van der Waals surface area contributed by atoms with E-state index in [4.69, 9.17) is 16.1 Å². The van der Waals surface area contributed by atoms with Crippen molar-refractivity contribution in [2.75, 3.05) is 44.2 Å². The number of alkyl halides is 1. The zero-order valence-corrected chi connectivity index (χ0v) is 27.1. The van der Waals surface area contributed by atoms with Crippen LogP contribution in [0.15, 0.2) is 36.5 Å². The topological polar surface area (TPSA) is 86.6 Å². The maximum absolute atomic E-state index is 16.9. The summed E-state index contributed by atoms with van der Waals surface area (Å²) in [4.78, 5) is 18.7.